The predicted molar refractivity (Wildman–Crippen MR) is 104 cm³/mol. The molecule has 1 aromatic heterocycles. The second-order valence-electron chi connectivity index (χ2n) is 5.88. The molecule has 134 valence electrons. The van der Waals surface area contributed by atoms with Gasteiger partial charge in [0.15, 0.2) is 0 Å². The van der Waals surface area contributed by atoms with Gasteiger partial charge in [0, 0.05) is 17.1 Å². The molecule has 1 aliphatic rings. The minimum atomic E-state index is -3.33. The van der Waals surface area contributed by atoms with E-state index in [1.807, 2.05) is 24.3 Å². The van der Waals surface area contributed by atoms with Crippen LogP contribution < -0.4 is 9.46 Å². The van der Waals surface area contributed by atoms with Crippen LogP contribution in [0.4, 0.5) is 5.82 Å². The second kappa shape index (κ2) is 6.54. The second-order valence-corrected chi connectivity index (χ2v) is 8.55. The molecule has 26 heavy (non-hydrogen) atoms. The Hall–Kier alpha value is -2.15. The topological polar surface area (TPSA) is 60.3 Å². The summed E-state index contributed by atoms with van der Waals surface area (Å²) in [6.45, 7) is 0.335. The summed E-state index contributed by atoms with van der Waals surface area (Å²) >= 11 is 12.1. The number of fused-ring (bicyclic) bond motifs is 1. The minimum absolute atomic E-state index is 0.0156. The van der Waals surface area contributed by atoms with Crippen molar-refractivity contribution in [1.82, 2.24) is 4.57 Å². The Labute approximate surface area is 161 Å². The quantitative estimate of drug-likeness (QED) is 0.662. The molecule has 1 aliphatic heterocycles. The zero-order valence-corrected chi connectivity index (χ0v) is 15.8. The molecule has 2 aromatic carbocycles. The van der Waals surface area contributed by atoms with E-state index in [9.17, 15) is 8.42 Å². The van der Waals surface area contributed by atoms with Crippen LogP contribution in [0.1, 0.15) is 0 Å². The highest BCUT2D eigenvalue weighted by atomic mass is 35.5. The van der Waals surface area contributed by atoms with Crippen molar-refractivity contribution in [3.8, 4) is 22.6 Å². The first-order chi connectivity index (χ1) is 12.4. The maximum Gasteiger partial charge on any atom is 0.235 e. The molecule has 0 fully saturated rings. The number of nitrogens with zero attached hydrogens (tertiary/aromatic N) is 1. The average molecular weight is 409 g/mol. The number of rotatable bonds is 3. The van der Waals surface area contributed by atoms with Gasteiger partial charge in [-0.05, 0) is 48.0 Å². The van der Waals surface area contributed by atoms with Crippen molar-refractivity contribution in [3.63, 3.8) is 0 Å². The van der Waals surface area contributed by atoms with E-state index >= 15 is 0 Å². The van der Waals surface area contributed by atoms with Gasteiger partial charge < -0.3 is 9.30 Å². The van der Waals surface area contributed by atoms with Gasteiger partial charge in [0.2, 0.25) is 10.0 Å². The van der Waals surface area contributed by atoms with Crippen LogP contribution >= 0.6 is 23.2 Å². The highest BCUT2D eigenvalue weighted by molar-refractivity contribution is 7.92. The summed E-state index contributed by atoms with van der Waals surface area (Å²) < 4.78 is 33.9. The summed E-state index contributed by atoms with van der Waals surface area (Å²) in [4.78, 5) is 0. The Morgan fingerprint density at radius 1 is 0.962 bits per heavy atom. The summed E-state index contributed by atoms with van der Waals surface area (Å²) in [5, 5.41) is 1.14. The molecule has 0 unspecified atom stereocenters. The van der Waals surface area contributed by atoms with Crippen LogP contribution in [0.25, 0.3) is 11.1 Å². The summed E-state index contributed by atoms with van der Waals surface area (Å²) in [6, 6.07) is 16.2. The molecule has 4 rings (SSSR count). The van der Waals surface area contributed by atoms with Gasteiger partial charge in [-0.15, -0.1) is 0 Å². The molecule has 0 radical (unpaired) electrons. The molecule has 8 heteroatoms. The van der Waals surface area contributed by atoms with Crippen molar-refractivity contribution in [1.29, 1.82) is 0 Å². The van der Waals surface area contributed by atoms with Crippen LogP contribution in [0, 0.1) is 0 Å². The van der Waals surface area contributed by atoms with Gasteiger partial charge in [0.05, 0.1) is 5.75 Å². The number of sulfonamides is 1. The maximum absolute atomic E-state index is 11.9. The highest BCUT2D eigenvalue weighted by Crippen LogP contribution is 2.37. The Balaban J connectivity index is 1.63. The summed E-state index contributed by atoms with van der Waals surface area (Å²) in [6.07, 6.45) is 0. The van der Waals surface area contributed by atoms with E-state index in [-0.39, 0.29) is 5.75 Å². The first-order valence-electron chi connectivity index (χ1n) is 7.85. The number of nitrogens with one attached hydrogen (secondary N) is 1. The summed E-state index contributed by atoms with van der Waals surface area (Å²) in [5.74, 6) is 1.85. The lowest BCUT2D eigenvalue weighted by molar-refractivity contribution is 0.483. The van der Waals surface area contributed by atoms with Gasteiger partial charge in [-0.25, -0.2) is 8.42 Å². The van der Waals surface area contributed by atoms with Crippen LogP contribution in [0.3, 0.4) is 0 Å². The van der Waals surface area contributed by atoms with Crippen LogP contribution in [-0.4, -0.2) is 18.7 Å². The average Bonchev–Trinajstić information content (AvgIpc) is 2.92. The molecular weight excluding hydrogens is 395 g/mol. The lowest BCUT2D eigenvalue weighted by Crippen LogP contribution is -2.27. The zero-order valence-electron chi connectivity index (χ0n) is 13.4. The highest BCUT2D eigenvalue weighted by Gasteiger charge is 2.25. The van der Waals surface area contributed by atoms with Gasteiger partial charge >= 0.3 is 0 Å². The predicted octanol–water partition coefficient (Wildman–Crippen LogP) is 5.01. The molecule has 3 aromatic rings. The number of hydrogen-bond acceptors (Lipinski definition) is 3. The fourth-order valence-electron chi connectivity index (χ4n) is 2.82. The van der Waals surface area contributed by atoms with Gasteiger partial charge in [0.1, 0.15) is 22.5 Å². The van der Waals surface area contributed by atoms with Gasteiger partial charge in [-0.1, -0.05) is 35.3 Å². The summed E-state index contributed by atoms with van der Waals surface area (Å²) in [5.41, 5.74) is 1.57. The Bertz CT molecular complexity index is 1060. The molecule has 0 atom stereocenters. The summed E-state index contributed by atoms with van der Waals surface area (Å²) in [7, 11) is -3.33. The molecule has 5 nitrogen and oxygen atoms in total. The molecule has 1 N–H and O–H groups in total. The monoisotopic (exact) mass is 408 g/mol. The zero-order chi connectivity index (χ0) is 18.3. The van der Waals surface area contributed by atoms with Crippen molar-refractivity contribution in [2.24, 2.45) is 0 Å². The number of halogens is 2. The number of aromatic nitrogens is 1. The van der Waals surface area contributed by atoms with Crippen LogP contribution in [0.15, 0.2) is 54.6 Å². The third-order valence-corrected chi connectivity index (χ3v) is 5.89. The van der Waals surface area contributed by atoms with E-state index in [1.165, 1.54) is 0 Å². The molecule has 0 amide bonds. The van der Waals surface area contributed by atoms with Crippen LogP contribution in [0.5, 0.6) is 11.5 Å². The van der Waals surface area contributed by atoms with Crippen molar-refractivity contribution in [3.05, 3.63) is 64.8 Å². The SMILES string of the molecule is O=S1(=O)CCn2c(Cl)cc(-c3ccc(Oc4ccc(Cl)cc4)cc3)c2N1. The minimum Gasteiger partial charge on any atom is -0.457 e. The Kier molecular flexibility index (Phi) is 4.34. The van der Waals surface area contributed by atoms with Crippen LogP contribution in [0.2, 0.25) is 10.2 Å². The fourth-order valence-corrected chi connectivity index (χ4v) is 4.26. The van der Waals surface area contributed by atoms with Crippen molar-refractivity contribution < 1.29 is 13.2 Å². The normalized spacial score (nSPS) is 15.2. The maximum atomic E-state index is 11.9. The van der Waals surface area contributed by atoms with E-state index in [1.54, 1.807) is 34.9 Å². The largest absolute Gasteiger partial charge is 0.457 e. The first kappa shape index (κ1) is 17.3. The van der Waals surface area contributed by atoms with Crippen molar-refractivity contribution in [2.45, 2.75) is 6.54 Å². The van der Waals surface area contributed by atoms with E-state index in [4.69, 9.17) is 27.9 Å². The molecule has 0 saturated carbocycles. The third-order valence-electron chi connectivity index (χ3n) is 4.10. The number of benzene rings is 2. The number of hydrogen-bond donors (Lipinski definition) is 1. The van der Waals surface area contributed by atoms with Crippen molar-refractivity contribution in [2.75, 3.05) is 10.5 Å². The molecule has 2 heterocycles. The first-order valence-corrected chi connectivity index (χ1v) is 10.3. The van der Waals surface area contributed by atoms with E-state index in [0.29, 0.717) is 34.0 Å². The van der Waals surface area contributed by atoms with Crippen LogP contribution in [-0.2, 0) is 16.6 Å². The third kappa shape index (κ3) is 3.40. The molecule has 0 aliphatic carbocycles. The standard InChI is InChI=1S/C18H14Cl2N2O3S/c19-13-3-7-15(8-4-13)25-14-5-1-12(2-6-14)16-11-17(20)22-9-10-26(23,24)21-18(16)22/h1-8,11,21H,9-10H2. The Morgan fingerprint density at radius 2 is 1.58 bits per heavy atom. The van der Waals surface area contributed by atoms with Gasteiger partial charge in [-0.3, -0.25) is 4.72 Å². The van der Waals surface area contributed by atoms with Gasteiger partial charge in [-0.2, -0.15) is 0 Å². The molecule has 0 saturated heterocycles. The molecule has 0 spiro atoms. The lowest BCUT2D eigenvalue weighted by Gasteiger charge is -2.19. The fraction of sp³-hybridized carbons (Fsp3) is 0.111. The van der Waals surface area contributed by atoms with Gasteiger partial charge in [0.25, 0.3) is 0 Å². The number of anilines is 1. The van der Waals surface area contributed by atoms with E-state index < -0.39 is 10.0 Å². The smallest absolute Gasteiger partial charge is 0.235 e. The molecule has 0 bridgehead atoms. The van der Waals surface area contributed by atoms with E-state index in [2.05, 4.69) is 4.72 Å². The molecular formula is C18H14Cl2N2O3S. The lowest BCUT2D eigenvalue weighted by atomic mass is 10.1. The Morgan fingerprint density at radius 3 is 2.23 bits per heavy atom. The number of ether oxygens (including phenoxy) is 1. The van der Waals surface area contributed by atoms with Crippen molar-refractivity contribution >= 4 is 39.0 Å². The van der Waals surface area contributed by atoms with E-state index in [0.717, 1.165) is 11.1 Å².